The molecule has 0 saturated carbocycles. The summed E-state index contributed by atoms with van der Waals surface area (Å²) in [5.41, 5.74) is 0.660. The predicted octanol–water partition coefficient (Wildman–Crippen LogP) is 4.61. The average Bonchev–Trinajstić information content (AvgIpc) is 2.81. The lowest BCUT2D eigenvalue weighted by Gasteiger charge is -2.43. The van der Waals surface area contributed by atoms with Crippen LogP contribution in [0.2, 0.25) is 0 Å². The molecule has 1 atom stereocenters. The van der Waals surface area contributed by atoms with Crippen LogP contribution in [0.15, 0.2) is 103 Å². The third kappa shape index (κ3) is 2.99. The topological polar surface area (TPSA) is 43.4 Å². The van der Waals surface area contributed by atoms with Crippen LogP contribution in [-0.4, -0.2) is 18.9 Å². The minimum Gasteiger partial charge on any atom is -0.468 e. The van der Waals surface area contributed by atoms with E-state index < -0.39 is 16.8 Å². The molecule has 0 spiro atoms. The van der Waals surface area contributed by atoms with Crippen molar-refractivity contribution < 1.29 is 14.3 Å². The number of rotatable bonds is 4. The van der Waals surface area contributed by atoms with Crippen molar-refractivity contribution in [3.8, 4) is 0 Å². The summed E-state index contributed by atoms with van der Waals surface area (Å²) >= 11 is 0. The summed E-state index contributed by atoms with van der Waals surface area (Å²) in [5, 5.41) is 0. The van der Waals surface area contributed by atoms with Gasteiger partial charge in [0, 0.05) is 5.41 Å². The van der Waals surface area contributed by atoms with E-state index in [-0.39, 0.29) is 12.2 Å². The Hall–Kier alpha value is -3.46. The maximum atomic E-state index is 13.3. The largest absolute Gasteiger partial charge is 0.468 e. The number of benzene rings is 3. The van der Waals surface area contributed by atoms with E-state index in [9.17, 15) is 9.59 Å². The lowest BCUT2D eigenvalue weighted by molar-refractivity contribution is -0.152. The average molecular weight is 382 g/mol. The number of esters is 1. The molecular formula is C26H22O3. The van der Waals surface area contributed by atoms with Gasteiger partial charge in [-0.05, 0) is 29.2 Å². The van der Waals surface area contributed by atoms with Gasteiger partial charge in [0.15, 0.2) is 11.2 Å². The molecule has 0 amide bonds. The van der Waals surface area contributed by atoms with Crippen molar-refractivity contribution in [2.45, 2.75) is 17.3 Å². The van der Waals surface area contributed by atoms with E-state index in [1.165, 1.54) is 7.11 Å². The molecule has 1 aliphatic carbocycles. The molecular weight excluding hydrogens is 360 g/mol. The van der Waals surface area contributed by atoms with Crippen molar-refractivity contribution in [1.82, 2.24) is 0 Å². The van der Waals surface area contributed by atoms with Gasteiger partial charge in [0.2, 0.25) is 0 Å². The maximum Gasteiger partial charge on any atom is 0.324 e. The monoisotopic (exact) mass is 382 g/mol. The molecule has 0 aliphatic heterocycles. The Labute approximate surface area is 170 Å². The smallest absolute Gasteiger partial charge is 0.324 e. The molecule has 29 heavy (non-hydrogen) atoms. The van der Waals surface area contributed by atoms with Crippen LogP contribution in [0.1, 0.15) is 23.1 Å². The van der Waals surface area contributed by atoms with Crippen LogP contribution >= 0.6 is 0 Å². The van der Waals surface area contributed by atoms with Gasteiger partial charge in [0.05, 0.1) is 7.11 Å². The number of ketones is 1. The zero-order valence-corrected chi connectivity index (χ0v) is 16.2. The molecule has 3 heteroatoms. The van der Waals surface area contributed by atoms with Gasteiger partial charge in [-0.1, -0.05) is 97.1 Å². The van der Waals surface area contributed by atoms with Crippen LogP contribution in [0.25, 0.3) is 0 Å². The third-order valence-corrected chi connectivity index (χ3v) is 5.86. The molecule has 3 aromatic rings. The Morgan fingerprint density at radius 1 is 0.759 bits per heavy atom. The first-order valence-corrected chi connectivity index (χ1v) is 9.62. The van der Waals surface area contributed by atoms with Crippen LogP contribution in [0, 0.1) is 0 Å². The van der Waals surface area contributed by atoms with E-state index in [0.717, 1.165) is 11.1 Å². The summed E-state index contributed by atoms with van der Waals surface area (Å²) in [6.45, 7) is 0. The Balaban J connectivity index is 2.01. The quantitative estimate of drug-likeness (QED) is 0.489. The molecule has 4 rings (SSSR count). The highest BCUT2D eigenvalue weighted by atomic mass is 16.5. The summed E-state index contributed by atoms with van der Waals surface area (Å²) in [7, 11) is 1.34. The van der Waals surface area contributed by atoms with Gasteiger partial charge in [-0.15, -0.1) is 0 Å². The number of hydrogen-bond donors (Lipinski definition) is 0. The summed E-state index contributed by atoms with van der Waals surface area (Å²) < 4.78 is 5.19. The first-order valence-electron chi connectivity index (χ1n) is 9.62. The predicted molar refractivity (Wildman–Crippen MR) is 113 cm³/mol. The molecule has 1 unspecified atom stereocenters. The molecule has 144 valence electrons. The van der Waals surface area contributed by atoms with Gasteiger partial charge in [0.1, 0.15) is 0 Å². The van der Waals surface area contributed by atoms with E-state index in [4.69, 9.17) is 4.74 Å². The molecule has 0 heterocycles. The SMILES string of the molecule is COC(=O)C1(c2ccccc2)CC(c2ccccc2)(c2ccccc2)C=CC1=O. The third-order valence-electron chi connectivity index (χ3n) is 5.86. The minimum absolute atomic E-state index is 0.252. The molecule has 3 aromatic carbocycles. The van der Waals surface area contributed by atoms with Crippen molar-refractivity contribution >= 4 is 11.8 Å². The van der Waals surface area contributed by atoms with Crippen molar-refractivity contribution in [3.63, 3.8) is 0 Å². The minimum atomic E-state index is -1.41. The zero-order chi connectivity index (χ0) is 20.3. The van der Waals surface area contributed by atoms with Crippen molar-refractivity contribution in [1.29, 1.82) is 0 Å². The van der Waals surface area contributed by atoms with Gasteiger partial charge in [-0.2, -0.15) is 0 Å². The zero-order valence-electron chi connectivity index (χ0n) is 16.2. The number of carbonyl (C=O) groups excluding carboxylic acids is 2. The molecule has 0 N–H and O–H groups in total. The fourth-order valence-electron chi connectivity index (χ4n) is 4.39. The first-order chi connectivity index (χ1) is 14.1. The highest BCUT2D eigenvalue weighted by molar-refractivity contribution is 6.15. The normalized spacial score (nSPS) is 20.2. The van der Waals surface area contributed by atoms with E-state index in [2.05, 4.69) is 0 Å². The summed E-state index contributed by atoms with van der Waals surface area (Å²) in [4.78, 5) is 26.5. The second-order valence-electron chi connectivity index (χ2n) is 7.34. The van der Waals surface area contributed by atoms with Gasteiger partial charge in [0.25, 0.3) is 0 Å². The summed E-state index contributed by atoms with van der Waals surface area (Å²) in [6.07, 6.45) is 3.75. The molecule has 3 nitrogen and oxygen atoms in total. The van der Waals surface area contributed by atoms with Crippen molar-refractivity contribution in [2.75, 3.05) is 7.11 Å². The Morgan fingerprint density at radius 3 is 1.66 bits per heavy atom. The molecule has 0 radical (unpaired) electrons. The number of carbonyl (C=O) groups is 2. The second-order valence-corrected chi connectivity index (χ2v) is 7.34. The molecule has 0 aromatic heterocycles. The van der Waals surface area contributed by atoms with Crippen LogP contribution in [-0.2, 0) is 25.2 Å². The summed E-state index contributed by atoms with van der Waals surface area (Å²) in [6, 6.07) is 29.2. The van der Waals surface area contributed by atoms with Crippen LogP contribution < -0.4 is 0 Å². The van der Waals surface area contributed by atoms with E-state index >= 15 is 0 Å². The van der Waals surface area contributed by atoms with Crippen LogP contribution in [0.4, 0.5) is 0 Å². The Kier molecular flexibility index (Phi) is 4.89. The van der Waals surface area contributed by atoms with Crippen LogP contribution in [0.5, 0.6) is 0 Å². The molecule has 0 fully saturated rings. The van der Waals surface area contributed by atoms with Gasteiger partial charge >= 0.3 is 5.97 Å². The highest BCUT2D eigenvalue weighted by Gasteiger charge is 2.55. The number of hydrogen-bond acceptors (Lipinski definition) is 3. The standard InChI is InChI=1S/C26H22O3/c1-29-24(28)26(22-15-9-4-10-16-22)19-25(18-17-23(26)27,20-11-5-2-6-12-20)21-13-7-3-8-14-21/h2-18H,19H2,1H3. The number of methoxy groups -OCH3 is 1. The number of ether oxygens (including phenoxy) is 1. The van der Waals surface area contributed by atoms with Crippen LogP contribution in [0.3, 0.4) is 0 Å². The lowest BCUT2D eigenvalue weighted by atomic mass is 9.57. The van der Waals surface area contributed by atoms with E-state index in [1.54, 1.807) is 6.08 Å². The van der Waals surface area contributed by atoms with E-state index in [1.807, 2.05) is 97.1 Å². The highest BCUT2D eigenvalue weighted by Crippen LogP contribution is 2.49. The van der Waals surface area contributed by atoms with Crippen molar-refractivity contribution in [2.24, 2.45) is 0 Å². The van der Waals surface area contributed by atoms with Gasteiger partial charge in [-0.25, -0.2) is 0 Å². The Bertz CT molecular complexity index is 1000. The number of allylic oxidation sites excluding steroid dienone is 2. The second kappa shape index (κ2) is 7.51. The van der Waals surface area contributed by atoms with E-state index in [0.29, 0.717) is 5.56 Å². The summed E-state index contributed by atoms with van der Waals surface area (Å²) in [5.74, 6) is -0.785. The van der Waals surface area contributed by atoms with Crippen molar-refractivity contribution in [3.05, 3.63) is 120 Å². The fraction of sp³-hybridized carbons (Fsp3) is 0.154. The van der Waals surface area contributed by atoms with Gasteiger partial charge in [-0.3, -0.25) is 9.59 Å². The molecule has 0 saturated heterocycles. The Morgan fingerprint density at radius 2 is 1.21 bits per heavy atom. The first kappa shape index (κ1) is 18.9. The maximum absolute atomic E-state index is 13.3. The fourth-order valence-corrected chi connectivity index (χ4v) is 4.39. The lowest BCUT2D eigenvalue weighted by Crippen LogP contribution is -2.51. The van der Waals surface area contributed by atoms with Gasteiger partial charge < -0.3 is 4.74 Å². The molecule has 0 bridgehead atoms. The molecule has 1 aliphatic rings.